The zero-order valence-corrected chi connectivity index (χ0v) is 16.3. The Labute approximate surface area is 151 Å². The highest BCUT2D eigenvalue weighted by molar-refractivity contribution is 7.79. The van der Waals surface area contributed by atoms with Crippen LogP contribution < -0.4 is 10.2 Å². The monoisotopic (exact) mass is 343 g/mol. The van der Waals surface area contributed by atoms with Gasteiger partial charge in [0.15, 0.2) is 5.82 Å². The van der Waals surface area contributed by atoms with E-state index in [4.69, 9.17) is 0 Å². The van der Waals surface area contributed by atoms with E-state index in [1.807, 2.05) is 12.3 Å². The first-order chi connectivity index (χ1) is 11.5. The smallest absolute Gasteiger partial charge is 0.156 e. The molecule has 0 fully saturated rings. The van der Waals surface area contributed by atoms with Crippen LogP contribution in [0.15, 0.2) is 42.6 Å². The van der Waals surface area contributed by atoms with E-state index in [1.54, 1.807) is 6.26 Å². The molecule has 2 heterocycles. The van der Waals surface area contributed by atoms with Crippen LogP contribution in [0.5, 0.6) is 0 Å². The molecule has 1 aliphatic heterocycles. The van der Waals surface area contributed by atoms with Crippen molar-refractivity contribution in [3.63, 3.8) is 0 Å². The van der Waals surface area contributed by atoms with Crippen LogP contribution >= 0.6 is 12.6 Å². The van der Waals surface area contributed by atoms with Crippen molar-refractivity contribution >= 4 is 29.8 Å². The Morgan fingerprint density at radius 3 is 2.58 bits per heavy atom. The Kier molecular flexibility index (Phi) is 6.16. The lowest BCUT2D eigenvalue weighted by molar-refractivity contribution is 0.491. The molecule has 1 aromatic heterocycles. The van der Waals surface area contributed by atoms with Gasteiger partial charge in [0, 0.05) is 29.9 Å². The van der Waals surface area contributed by atoms with Gasteiger partial charge in [0.1, 0.15) is 0 Å². The summed E-state index contributed by atoms with van der Waals surface area (Å²) in [5, 5.41) is 3.52. The molecule has 1 unspecified atom stereocenters. The van der Waals surface area contributed by atoms with Crippen LogP contribution in [0.3, 0.4) is 0 Å². The fraction of sp³-hybridized carbons (Fsp3) is 0.450. The van der Waals surface area contributed by atoms with Crippen LogP contribution in [0.2, 0.25) is 0 Å². The number of nitrogens with one attached hydrogen (secondary N) is 1. The lowest BCUT2D eigenvalue weighted by Crippen LogP contribution is -2.28. The minimum Gasteiger partial charge on any atom is -0.380 e. The molecule has 0 spiro atoms. The van der Waals surface area contributed by atoms with Gasteiger partial charge in [0.2, 0.25) is 0 Å². The molecule has 0 radical (unpaired) electrons. The summed E-state index contributed by atoms with van der Waals surface area (Å²) in [4.78, 5) is 7.04. The van der Waals surface area contributed by atoms with E-state index in [2.05, 4.69) is 85.9 Å². The number of pyridine rings is 1. The molecule has 4 heteroatoms. The fourth-order valence-electron chi connectivity index (χ4n) is 3.27. The Morgan fingerprint density at radius 2 is 1.92 bits per heavy atom. The number of rotatable bonds is 4. The van der Waals surface area contributed by atoms with E-state index < -0.39 is 0 Å². The van der Waals surface area contributed by atoms with Crippen LogP contribution in [0.25, 0.3) is 0 Å². The second-order valence-electron chi connectivity index (χ2n) is 6.69. The maximum absolute atomic E-state index is 4.68. The number of thiol groups is 1. The first-order valence-corrected chi connectivity index (χ1v) is 9.48. The standard InChI is InChI=1S/C19H25N3.CH4S/c1-5-19(4)13-22(17-11-7-6-9-15(17)19)18-16(21-14(2)3)10-8-12-20-18;1-2/h6-12,14,21H,5,13H2,1-4H3;2H,1H3. The molecular formula is C20H29N3S. The maximum atomic E-state index is 4.68. The van der Waals surface area contributed by atoms with Gasteiger partial charge in [-0.25, -0.2) is 4.98 Å². The quantitative estimate of drug-likeness (QED) is 0.741. The highest BCUT2D eigenvalue weighted by Crippen LogP contribution is 2.46. The van der Waals surface area contributed by atoms with Crippen molar-refractivity contribution in [2.24, 2.45) is 0 Å². The Hall–Kier alpha value is -1.68. The molecule has 3 rings (SSSR count). The summed E-state index contributed by atoms with van der Waals surface area (Å²) < 4.78 is 0. The van der Waals surface area contributed by atoms with Gasteiger partial charge in [-0.2, -0.15) is 12.6 Å². The number of fused-ring (bicyclic) bond motifs is 1. The lowest BCUT2D eigenvalue weighted by atomic mass is 9.82. The predicted molar refractivity (Wildman–Crippen MR) is 109 cm³/mol. The average Bonchev–Trinajstić information content (AvgIpc) is 2.91. The number of para-hydroxylation sites is 1. The number of benzene rings is 1. The maximum Gasteiger partial charge on any atom is 0.156 e. The van der Waals surface area contributed by atoms with Gasteiger partial charge in [0.25, 0.3) is 0 Å². The van der Waals surface area contributed by atoms with Crippen LogP contribution in [0, 0.1) is 0 Å². The molecule has 24 heavy (non-hydrogen) atoms. The lowest BCUT2D eigenvalue weighted by Gasteiger charge is -2.26. The highest BCUT2D eigenvalue weighted by Gasteiger charge is 2.38. The van der Waals surface area contributed by atoms with Gasteiger partial charge in [-0.1, -0.05) is 32.0 Å². The van der Waals surface area contributed by atoms with Crippen molar-refractivity contribution in [3.8, 4) is 0 Å². The molecule has 0 saturated heterocycles. The molecule has 1 aliphatic rings. The highest BCUT2D eigenvalue weighted by atomic mass is 32.1. The van der Waals surface area contributed by atoms with Crippen LogP contribution in [-0.2, 0) is 5.41 Å². The minimum absolute atomic E-state index is 0.184. The summed E-state index contributed by atoms with van der Waals surface area (Å²) in [7, 11) is 0. The van der Waals surface area contributed by atoms with E-state index in [9.17, 15) is 0 Å². The third kappa shape index (κ3) is 3.54. The van der Waals surface area contributed by atoms with E-state index in [0.717, 1.165) is 24.5 Å². The first-order valence-electron chi connectivity index (χ1n) is 8.58. The number of anilines is 3. The second kappa shape index (κ2) is 7.93. The van der Waals surface area contributed by atoms with Gasteiger partial charge < -0.3 is 10.2 Å². The molecule has 1 atom stereocenters. The number of hydrogen-bond donors (Lipinski definition) is 2. The molecule has 3 nitrogen and oxygen atoms in total. The first kappa shape index (κ1) is 18.7. The fourth-order valence-corrected chi connectivity index (χ4v) is 3.27. The summed E-state index contributed by atoms with van der Waals surface area (Å²) in [6, 6.07) is 13.2. The summed E-state index contributed by atoms with van der Waals surface area (Å²) in [5.74, 6) is 1.03. The van der Waals surface area contributed by atoms with Crippen molar-refractivity contribution in [2.75, 3.05) is 23.0 Å². The predicted octanol–water partition coefficient (Wildman–Crippen LogP) is 5.27. The van der Waals surface area contributed by atoms with Crippen molar-refractivity contribution in [3.05, 3.63) is 48.2 Å². The van der Waals surface area contributed by atoms with E-state index in [1.165, 1.54) is 11.3 Å². The molecule has 1 N–H and O–H groups in total. The molecule has 0 bridgehead atoms. The number of hydrogen-bond acceptors (Lipinski definition) is 4. The Balaban J connectivity index is 0.00000100. The molecule has 2 aromatic rings. The van der Waals surface area contributed by atoms with Crippen molar-refractivity contribution in [2.45, 2.75) is 45.6 Å². The van der Waals surface area contributed by atoms with Gasteiger partial charge >= 0.3 is 0 Å². The van der Waals surface area contributed by atoms with Crippen molar-refractivity contribution < 1.29 is 0 Å². The average molecular weight is 344 g/mol. The number of aromatic nitrogens is 1. The third-order valence-electron chi connectivity index (χ3n) is 4.62. The molecule has 0 saturated carbocycles. The van der Waals surface area contributed by atoms with E-state index in [0.29, 0.717) is 6.04 Å². The Bertz CT molecular complexity index is 671. The van der Waals surface area contributed by atoms with Gasteiger partial charge in [-0.3, -0.25) is 0 Å². The van der Waals surface area contributed by atoms with Crippen LogP contribution in [0.1, 0.15) is 39.7 Å². The topological polar surface area (TPSA) is 28.2 Å². The number of nitrogens with zero attached hydrogens (tertiary/aromatic N) is 2. The summed E-state index contributed by atoms with van der Waals surface area (Å²) in [6.45, 7) is 9.92. The van der Waals surface area contributed by atoms with Gasteiger partial charge in [-0.05, 0) is 50.3 Å². The second-order valence-corrected chi connectivity index (χ2v) is 6.69. The van der Waals surface area contributed by atoms with Crippen molar-refractivity contribution in [1.82, 2.24) is 4.98 Å². The summed E-state index contributed by atoms with van der Waals surface area (Å²) >= 11 is 3.53. The largest absolute Gasteiger partial charge is 0.380 e. The molecule has 0 amide bonds. The zero-order chi connectivity index (χ0) is 17.7. The molecule has 130 valence electrons. The SMILES string of the molecule is CCC1(C)CN(c2ncccc2NC(C)C)c2ccccc21.CS. The van der Waals surface area contributed by atoms with E-state index >= 15 is 0 Å². The third-order valence-corrected chi connectivity index (χ3v) is 4.62. The van der Waals surface area contributed by atoms with Crippen LogP contribution in [-0.4, -0.2) is 23.8 Å². The van der Waals surface area contributed by atoms with Crippen molar-refractivity contribution in [1.29, 1.82) is 0 Å². The van der Waals surface area contributed by atoms with Gasteiger partial charge in [0.05, 0.1) is 5.69 Å². The van der Waals surface area contributed by atoms with E-state index in [-0.39, 0.29) is 5.41 Å². The van der Waals surface area contributed by atoms with Crippen LogP contribution in [0.4, 0.5) is 17.2 Å². The normalized spacial score (nSPS) is 18.9. The van der Waals surface area contributed by atoms with Gasteiger partial charge in [-0.15, -0.1) is 0 Å². The zero-order valence-electron chi connectivity index (χ0n) is 15.4. The Morgan fingerprint density at radius 1 is 1.21 bits per heavy atom. The molecule has 0 aliphatic carbocycles. The summed E-state index contributed by atoms with van der Waals surface area (Å²) in [5.41, 5.74) is 4.01. The minimum atomic E-state index is 0.184. The summed E-state index contributed by atoms with van der Waals surface area (Å²) in [6.07, 6.45) is 4.70. The molecule has 1 aromatic carbocycles. The molecular weight excluding hydrogens is 314 g/mol.